The van der Waals surface area contributed by atoms with Gasteiger partial charge in [0.2, 0.25) is 5.91 Å². The molecule has 0 aromatic heterocycles. The van der Waals surface area contributed by atoms with E-state index in [4.69, 9.17) is 9.47 Å². The van der Waals surface area contributed by atoms with Crippen molar-refractivity contribution in [3.8, 4) is 0 Å². The van der Waals surface area contributed by atoms with E-state index in [1.54, 1.807) is 7.11 Å². The fourth-order valence-electron chi connectivity index (χ4n) is 1.36. The average molecular weight is 260 g/mol. The van der Waals surface area contributed by atoms with Gasteiger partial charge in [-0.05, 0) is 27.2 Å². The van der Waals surface area contributed by atoms with Gasteiger partial charge in [-0.2, -0.15) is 0 Å². The van der Waals surface area contributed by atoms with Crippen LogP contribution in [0.3, 0.4) is 0 Å². The van der Waals surface area contributed by atoms with Gasteiger partial charge in [-0.25, -0.2) is 0 Å². The van der Waals surface area contributed by atoms with Gasteiger partial charge in [0.15, 0.2) is 0 Å². The second kappa shape index (κ2) is 10.3. The van der Waals surface area contributed by atoms with Crippen LogP contribution < -0.4 is 10.6 Å². The molecule has 108 valence electrons. The molecular formula is C13H28N2O3. The summed E-state index contributed by atoms with van der Waals surface area (Å²) in [7, 11) is 1.68. The Morgan fingerprint density at radius 1 is 1.11 bits per heavy atom. The van der Waals surface area contributed by atoms with Crippen molar-refractivity contribution in [1.82, 2.24) is 10.6 Å². The number of rotatable bonds is 10. The molecule has 0 atom stereocenters. The molecule has 0 heterocycles. The first kappa shape index (κ1) is 17.4. The Morgan fingerprint density at radius 2 is 1.83 bits per heavy atom. The molecule has 0 aromatic rings. The summed E-state index contributed by atoms with van der Waals surface area (Å²) in [6.45, 7) is 9.52. The lowest BCUT2D eigenvalue weighted by Crippen LogP contribution is -2.41. The van der Waals surface area contributed by atoms with Crippen LogP contribution in [0.15, 0.2) is 0 Å². The minimum atomic E-state index is -0.151. The van der Waals surface area contributed by atoms with Crippen LogP contribution in [0.4, 0.5) is 0 Å². The number of hydrogen-bond acceptors (Lipinski definition) is 4. The van der Waals surface area contributed by atoms with Gasteiger partial charge in [0.05, 0.1) is 6.61 Å². The molecule has 18 heavy (non-hydrogen) atoms. The standard InChI is InChI=1S/C13H28N2O3/c1-13(2,3)15-12(16)6-7-14-8-11-18-10-5-9-17-4/h14H,5-11H2,1-4H3,(H,15,16). The van der Waals surface area contributed by atoms with E-state index in [9.17, 15) is 4.79 Å². The number of nitrogens with one attached hydrogen (secondary N) is 2. The summed E-state index contributed by atoms with van der Waals surface area (Å²) in [5, 5.41) is 6.10. The monoisotopic (exact) mass is 260 g/mol. The molecular weight excluding hydrogens is 232 g/mol. The maximum atomic E-state index is 11.5. The lowest BCUT2D eigenvalue weighted by atomic mass is 10.1. The molecule has 0 aromatic carbocycles. The first-order valence-electron chi connectivity index (χ1n) is 6.54. The molecule has 0 radical (unpaired) electrons. The van der Waals surface area contributed by atoms with Crippen LogP contribution in [0.5, 0.6) is 0 Å². The Bertz CT molecular complexity index is 215. The minimum absolute atomic E-state index is 0.0796. The fraction of sp³-hybridized carbons (Fsp3) is 0.923. The van der Waals surface area contributed by atoms with Crippen LogP contribution in [0, 0.1) is 0 Å². The number of carbonyl (C=O) groups excluding carboxylic acids is 1. The van der Waals surface area contributed by atoms with Crippen LogP contribution in [-0.2, 0) is 14.3 Å². The molecule has 0 spiro atoms. The maximum absolute atomic E-state index is 11.5. The van der Waals surface area contributed by atoms with Gasteiger partial charge in [0.1, 0.15) is 0 Å². The highest BCUT2D eigenvalue weighted by atomic mass is 16.5. The van der Waals surface area contributed by atoms with Crippen LogP contribution in [-0.4, -0.2) is 51.5 Å². The number of ether oxygens (including phenoxy) is 2. The molecule has 0 aliphatic heterocycles. The van der Waals surface area contributed by atoms with E-state index in [0.29, 0.717) is 19.6 Å². The summed E-state index contributed by atoms with van der Waals surface area (Å²) in [5.41, 5.74) is -0.151. The zero-order valence-electron chi connectivity index (χ0n) is 12.2. The number of hydrogen-bond donors (Lipinski definition) is 2. The predicted molar refractivity (Wildman–Crippen MR) is 72.7 cm³/mol. The lowest BCUT2D eigenvalue weighted by Gasteiger charge is -2.20. The molecule has 0 aliphatic carbocycles. The molecule has 1 amide bonds. The van der Waals surface area contributed by atoms with Gasteiger partial charge < -0.3 is 20.1 Å². The van der Waals surface area contributed by atoms with Crippen LogP contribution in [0.25, 0.3) is 0 Å². The molecule has 2 N–H and O–H groups in total. The third-order valence-electron chi connectivity index (χ3n) is 2.10. The minimum Gasteiger partial charge on any atom is -0.385 e. The van der Waals surface area contributed by atoms with Crippen molar-refractivity contribution in [1.29, 1.82) is 0 Å². The van der Waals surface area contributed by atoms with Crippen LogP contribution in [0.2, 0.25) is 0 Å². The van der Waals surface area contributed by atoms with Gasteiger partial charge in [-0.3, -0.25) is 4.79 Å². The van der Waals surface area contributed by atoms with E-state index in [2.05, 4.69) is 10.6 Å². The van der Waals surface area contributed by atoms with Crippen molar-refractivity contribution in [3.05, 3.63) is 0 Å². The molecule has 0 fully saturated rings. The zero-order valence-corrected chi connectivity index (χ0v) is 12.2. The van der Waals surface area contributed by atoms with Gasteiger partial charge in [0, 0.05) is 45.4 Å². The Labute approximate surface area is 111 Å². The molecule has 0 aliphatic rings. The summed E-state index contributed by atoms with van der Waals surface area (Å²) in [5.74, 6) is 0.0796. The summed E-state index contributed by atoms with van der Waals surface area (Å²) in [6, 6.07) is 0. The Morgan fingerprint density at radius 3 is 2.44 bits per heavy atom. The van der Waals surface area contributed by atoms with E-state index in [1.165, 1.54) is 0 Å². The highest BCUT2D eigenvalue weighted by molar-refractivity contribution is 5.76. The second-order valence-corrected chi connectivity index (χ2v) is 5.26. The summed E-state index contributed by atoms with van der Waals surface area (Å²) >= 11 is 0. The highest BCUT2D eigenvalue weighted by Crippen LogP contribution is 1.98. The van der Waals surface area contributed by atoms with Crippen LogP contribution in [0.1, 0.15) is 33.6 Å². The summed E-state index contributed by atoms with van der Waals surface area (Å²) < 4.78 is 10.3. The SMILES string of the molecule is COCCCOCCNCCC(=O)NC(C)(C)C. The quantitative estimate of drug-likeness (QED) is 0.574. The maximum Gasteiger partial charge on any atom is 0.221 e. The Balaban J connectivity index is 3.23. The van der Waals surface area contributed by atoms with E-state index < -0.39 is 0 Å². The van der Waals surface area contributed by atoms with Gasteiger partial charge >= 0.3 is 0 Å². The topological polar surface area (TPSA) is 59.6 Å². The van der Waals surface area contributed by atoms with Gasteiger partial charge in [0.25, 0.3) is 0 Å². The Hall–Kier alpha value is -0.650. The predicted octanol–water partition coefficient (Wildman–Crippen LogP) is 0.934. The van der Waals surface area contributed by atoms with Crippen molar-refractivity contribution in [2.75, 3.05) is 40.0 Å². The molecule has 0 saturated heterocycles. The van der Waals surface area contributed by atoms with E-state index in [-0.39, 0.29) is 11.4 Å². The van der Waals surface area contributed by atoms with E-state index >= 15 is 0 Å². The van der Waals surface area contributed by atoms with E-state index in [0.717, 1.165) is 26.2 Å². The number of amides is 1. The van der Waals surface area contributed by atoms with Crippen molar-refractivity contribution >= 4 is 5.91 Å². The van der Waals surface area contributed by atoms with Crippen molar-refractivity contribution < 1.29 is 14.3 Å². The summed E-state index contributed by atoms with van der Waals surface area (Å²) in [4.78, 5) is 11.5. The van der Waals surface area contributed by atoms with Crippen molar-refractivity contribution in [2.45, 2.75) is 39.2 Å². The molecule has 5 nitrogen and oxygen atoms in total. The zero-order chi connectivity index (χ0) is 13.9. The first-order chi connectivity index (χ1) is 8.45. The average Bonchev–Trinajstić information content (AvgIpc) is 2.24. The number of methoxy groups -OCH3 is 1. The largest absolute Gasteiger partial charge is 0.385 e. The van der Waals surface area contributed by atoms with E-state index in [1.807, 2.05) is 20.8 Å². The van der Waals surface area contributed by atoms with Crippen LogP contribution >= 0.6 is 0 Å². The van der Waals surface area contributed by atoms with Gasteiger partial charge in [-0.1, -0.05) is 0 Å². The molecule has 0 saturated carbocycles. The summed E-state index contributed by atoms with van der Waals surface area (Å²) in [6.07, 6.45) is 1.42. The highest BCUT2D eigenvalue weighted by Gasteiger charge is 2.12. The third kappa shape index (κ3) is 13.4. The Kier molecular flexibility index (Phi) is 9.92. The lowest BCUT2D eigenvalue weighted by molar-refractivity contribution is -0.122. The normalized spacial score (nSPS) is 11.6. The molecule has 0 rings (SSSR count). The molecule has 0 unspecified atom stereocenters. The second-order valence-electron chi connectivity index (χ2n) is 5.26. The first-order valence-corrected chi connectivity index (χ1v) is 6.54. The van der Waals surface area contributed by atoms with Crippen molar-refractivity contribution in [2.24, 2.45) is 0 Å². The van der Waals surface area contributed by atoms with Gasteiger partial charge in [-0.15, -0.1) is 0 Å². The number of carbonyl (C=O) groups is 1. The van der Waals surface area contributed by atoms with Crippen molar-refractivity contribution in [3.63, 3.8) is 0 Å². The molecule has 0 bridgehead atoms. The molecule has 5 heteroatoms. The third-order valence-corrected chi connectivity index (χ3v) is 2.10. The fourth-order valence-corrected chi connectivity index (χ4v) is 1.36. The smallest absolute Gasteiger partial charge is 0.221 e.